The van der Waals surface area contributed by atoms with Gasteiger partial charge in [-0.2, -0.15) is 0 Å². The second kappa shape index (κ2) is 6.39. The van der Waals surface area contributed by atoms with Crippen LogP contribution in [-0.4, -0.2) is 27.2 Å². The van der Waals surface area contributed by atoms with Crippen LogP contribution in [0.15, 0.2) is 24.5 Å². The van der Waals surface area contributed by atoms with Crippen molar-refractivity contribution in [3.63, 3.8) is 0 Å². The van der Waals surface area contributed by atoms with Crippen molar-refractivity contribution in [2.45, 2.75) is 33.2 Å². The van der Waals surface area contributed by atoms with Crippen molar-refractivity contribution in [1.82, 2.24) is 20.1 Å². The van der Waals surface area contributed by atoms with E-state index in [4.69, 9.17) is 5.73 Å². The van der Waals surface area contributed by atoms with Gasteiger partial charge in [0.05, 0.1) is 0 Å². The minimum atomic E-state index is -0.112. The van der Waals surface area contributed by atoms with E-state index in [0.717, 1.165) is 11.4 Å². The molecular formula is C15H21N5O. The molecule has 0 bridgehead atoms. The van der Waals surface area contributed by atoms with Gasteiger partial charge < -0.3 is 15.6 Å². The van der Waals surface area contributed by atoms with Gasteiger partial charge in [0, 0.05) is 30.3 Å². The summed E-state index contributed by atoms with van der Waals surface area (Å²) in [5.74, 6) is 1.11. The molecule has 1 aromatic heterocycles. The number of nitrogen functional groups attached to an aromatic ring is 1. The van der Waals surface area contributed by atoms with Gasteiger partial charge in [-0.05, 0) is 24.6 Å². The van der Waals surface area contributed by atoms with Gasteiger partial charge in [0.1, 0.15) is 12.2 Å². The second-order valence-electron chi connectivity index (χ2n) is 5.37. The zero-order valence-electron chi connectivity index (χ0n) is 12.6. The maximum atomic E-state index is 12.2. The number of benzene rings is 1. The summed E-state index contributed by atoms with van der Waals surface area (Å²) in [5.41, 5.74) is 7.84. The maximum absolute atomic E-state index is 12.2. The highest BCUT2D eigenvalue weighted by molar-refractivity contribution is 5.96. The van der Waals surface area contributed by atoms with Gasteiger partial charge in [-0.25, -0.2) is 0 Å². The highest BCUT2D eigenvalue weighted by Gasteiger charge is 2.11. The van der Waals surface area contributed by atoms with Gasteiger partial charge in [-0.1, -0.05) is 19.9 Å². The summed E-state index contributed by atoms with van der Waals surface area (Å²) in [6.45, 7) is 7.19. The Morgan fingerprint density at radius 2 is 2.19 bits per heavy atom. The Labute approximate surface area is 124 Å². The number of aryl methyl sites for hydroxylation is 1. The van der Waals surface area contributed by atoms with Crippen molar-refractivity contribution < 1.29 is 4.79 Å². The van der Waals surface area contributed by atoms with E-state index < -0.39 is 0 Å². The predicted molar refractivity (Wildman–Crippen MR) is 82.0 cm³/mol. The van der Waals surface area contributed by atoms with E-state index in [1.807, 2.05) is 17.6 Å². The molecule has 0 spiro atoms. The van der Waals surface area contributed by atoms with Crippen molar-refractivity contribution >= 4 is 11.6 Å². The first-order valence-corrected chi connectivity index (χ1v) is 7.01. The molecule has 0 atom stereocenters. The van der Waals surface area contributed by atoms with Crippen LogP contribution in [0, 0.1) is 6.92 Å². The number of nitrogens with one attached hydrogen (secondary N) is 1. The van der Waals surface area contributed by atoms with Crippen molar-refractivity contribution in [3.8, 4) is 0 Å². The monoisotopic (exact) mass is 287 g/mol. The summed E-state index contributed by atoms with van der Waals surface area (Å²) < 4.78 is 1.96. The molecule has 0 aliphatic rings. The van der Waals surface area contributed by atoms with Crippen LogP contribution < -0.4 is 11.1 Å². The van der Waals surface area contributed by atoms with E-state index in [-0.39, 0.29) is 5.91 Å². The molecule has 3 N–H and O–H groups in total. The van der Waals surface area contributed by atoms with E-state index in [1.54, 1.807) is 18.5 Å². The summed E-state index contributed by atoms with van der Waals surface area (Å²) >= 11 is 0. The largest absolute Gasteiger partial charge is 0.399 e. The van der Waals surface area contributed by atoms with Crippen molar-refractivity contribution in [2.75, 3.05) is 12.3 Å². The summed E-state index contributed by atoms with van der Waals surface area (Å²) in [6, 6.07) is 5.34. The third-order valence-corrected chi connectivity index (χ3v) is 3.31. The topological polar surface area (TPSA) is 85.8 Å². The number of hydrogen-bond donors (Lipinski definition) is 2. The summed E-state index contributed by atoms with van der Waals surface area (Å²) in [6.07, 6.45) is 1.69. The Kier molecular flexibility index (Phi) is 4.57. The number of anilines is 1. The number of amides is 1. The van der Waals surface area contributed by atoms with Crippen molar-refractivity contribution in [1.29, 1.82) is 0 Å². The predicted octanol–water partition coefficient (Wildman–Crippen LogP) is 1.72. The van der Waals surface area contributed by atoms with Crippen molar-refractivity contribution in [2.24, 2.45) is 0 Å². The molecule has 0 aliphatic carbocycles. The molecule has 0 fully saturated rings. The number of carbonyl (C=O) groups is 1. The molecular weight excluding hydrogens is 266 g/mol. The highest BCUT2D eigenvalue weighted by Crippen LogP contribution is 2.12. The Hall–Kier alpha value is -2.37. The van der Waals surface area contributed by atoms with Gasteiger partial charge in [0.15, 0.2) is 0 Å². The van der Waals surface area contributed by atoms with Crippen LogP contribution in [0.25, 0.3) is 0 Å². The Bertz CT molecular complexity index is 633. The molecule has 0 saturated carbocycles. The van der Waals surface area contributed by atoms with Crippen LogP contribution in [0.5, 0.6) is 0 Å². The standard InChI is InChI=1S/C15H21N5O/c1-10(2)14-19-18-9-20(14)7-6-17-15(21)13-8-12(16)5-4-11(13)3/h4-5,8-10H,6-7,16H2,1-3H3,(H,17,21). The molecule has 0 saturated heterocycles. The van der Waals surface area contributed by atoms with Crippen LogP contribution in [0.2, 0.25) is 0 Å². The molecule has 0 unspecified atom stereocenters. The number of nitrogens with two attached hydrogens (primary N) is 1. The quantitative estimate of drug-likeness (QED) is 0.820. The molecule has 2 aromatic rings. The second-order valence-corrected chi connectivity index (χ2v) is 5.37. The summed E-state index contributed by atoms with van der Waals surface area (Å²) in [4.78, 5) is 12.2. The average molecular weight is 287 g/mol. The first-order chi connectivity index (χ1) is 9.99. The fourth-order valence-corrected chi connectivity index (χ4v) is 2.15. The molecule has 0 radical (unpaired) electrons. The van der Waals surface area contributed by atoms with Crippen LogP contribution in [-0.2, 0) is 6.54 Å². The molecule has 21 heavy (non-hydrogen) atoms. The van der Waals surface area contributed by atoms with E-state index in [0.29, 0.717) is 30.3 Å². The normalized spacial score (nSPS) is 10.9. The zero-order chi connectivity index (χ0) is 15.4. The smallest absolute Gasteiger partial charge is 0.251 e. The van der Waals surface area contributed by atoms with Gasteiger partial charge in [0.2, 0.25) is 0 Å². The fourth-order valence-electron chi connectivity index (χ4n) is 2.15. The van der Waals surface area contributed by atoms with Gasteiger partial charge >= 0.3 is 0 Å². The van der Waals surface area contributed by atoms with E-state index in [9.17, 15) is 4.79 Å². The first-order valence-electron chi connectivity index (χ1n) is 7.01. The number of rotatable bonds is 5. The third-order valence-electron chi connectivity index (χ3n) is 3.31. The molecule has 1 amide bonds. The van der Waals surface area contributed by atoms with Gasteiger partial charge in [-0.15, -0.1) is 10.2 Å². The average Bonchev–Trinajstić information content (AvgIpc) is 2.90. The highest BCUT2D eigenvalue weighted by atomic mass is 16.1. The van der Waals surface area contributed by atoms with E-state index >= 15 is 0 Å². The lowest BCUT2D eigenvalue weighted by Crippen LogP contribution is -2.28. The minimum Gasteiger partial charge on any atom is -0.399 e. The molecule has 6 nitrogen and oxygen atoms in total. The van der Waals surface area contributed by atoms with Crippen LogP contribution in [0.3, 0.4) is 0 Å². The van der Waals surface area contributed by atoms with Crippen LogP contribution in [0.4, 0.5) is 5.69 Å². The maximum Gasteiger partial charge on any atom is 0.251 e. The Morgan fingerprint density at radius 3 is 2.90 bits per heavy atom. The lowest BCUT2D eigenvalue weighted by molar-refractivity contribution is 0.0951. The van der Waals surface area contributed by atoms with Gasteiger partial charge in [-0.3, -0.25) is 4.79 Å². The molecule has 0 aliphatic heterocycles. The number of aromatic nitrogens is 3. The number of nitrogens with zero attached hydrogens (tertiary/aromatic N) is 3. The number of hydrogen-bond acceptors (Lipinski definition) is 4. The minimum absolute atomic E-state index is 0.112. The molecule has 6 heteroatoms. The lowest BCUT2D eigenvalue weighted by Gasteiger charge is -2.11. The first kappa shape index (κ1) is 15.0. The van der Waals surface area contributed by atoms with Crippen LogP contribution in [0.1, 0.15) is 41.5 Å². The molecule has 112 valence electrons. The molecule has 1 aromatic carbocycles. The third kappa shape index (κ3) is 3.59. The Balaban J connectivity index is 1.95. The van der Waals surface area contributed by atoms with E-state index in [1.165, 1.54) is 0 Å². The van der Waals surface area contributed by atoms with Crippen LogP contribution >= 0.6 is 0 Å². The fraction of sp³-hybridized carbons (Fsp3) is 0.400. The Morgan fingerprint density at radius 1 is 1.43 bits per heavy atom. The zero-order valence-corrected chi connectivity index (χ0v) is 12.6. The van der Waals surface area contributed by atoms with E-state index in [2.05, 4.69) is 29.4 Å². The summed E-state index contributed by atoms with van der Waals surface area (Å²) in [5, 5.41) is 10.9. The summed E-state index contributed by atoms with van der Waals surface area (Å²) in [7, 11) is 0. The SMILES string of the molecule is Cc1ccc(N)cc1C(=O)NCCn1cnnc1C(C)C. The van der Waals surface area contributed by atoms with Gasteiger partial charge in [0.25, 0.3) is 5.91 Å². The number of carbonyl (C=O) groups excluding carboxylic acids is 1. The van der Waals surface area contributed by atoms with Crippen molar-refractivity contribution in [3.05, 3.63) is 41.5 Å². The lowest BCUT2D eigenvalue weighted by atomic mass is 10.1. The molecule has 1 heterocycles. The molecule has 2 rings (SSSR count).